The number of morpholine rings is 1. The van der Waals surface area contributed by atoms with E-state index in [4.69, 9.17) is 16.3 Å². The van der Waals surface area contributed by atoms with Crippen LogP contribution in [0.25, 0.3) is 0 Å². The molecule has 5 nitrogen and oxygen atoms in total. The van der Waals surface area contributed by atoms with Crippen LogP contribution in [0.5, 0.6) is 0 Å². The van der Waals surface area contributed by atoms with Gasteiger partial charge >= 0.3 is 6.18 Å². The third-order valence-corrected chi connectivity index (χ3v) is 6.44. The molecule has 0 radical (unpaired) electrons. The highest BCUT2D eigenvalue weighted by atomic mass is 35.5. The minimum Gasteiger partial charge on any atom is -0.379 e. The first-order valence-electron chi connectivity index (χ1n) is 9.47. The van der Waals surface area contributed by atoms with Crippen LogP contribution < -0.4 is 0 Å². The average molecular weight is 457 g/mol. The van der Waals surface area contributed by atoms with Crippen LogP contribution in [0.1, 0.15) is 22.8 Å². The van der Waals surface area contributed by atoms with E-state index in [-0.39, 0.29) is 12.6 Å². The molecule has 1 fully saturated rings. The summed E-state index contributed by atoms with van der Waals surface area (Å²) in [5.74, 6) is 0.356. The topological polar surface area (TPSA) is 41.5 Å². The second kappa shape index (κ2) is 9.13. The largest absolute Gasteiger partial charge is 0.431 e. The first kappa shape index (κ1) is 21.4. The molecule has 0 aliphatic carbocycles. The molecule has 0 amide bonds. The smallest absolute Gasteiger partial charge is 0.379 e. The molecular weight excluding hydrogens is 437 g/mol. The molecular formula is C20H20ClF3N4OS. The molecule has 160 valence electrons. The van der Waals surface area contributed by atoms with Gasteiger partial charge in [0.1, 0.15) is 11.1 Å². The van der Waals surface area contributed by atoms with Crippen LogP contribution in [0.15, 0.2) is 53.8 Å². The first-order valence-corrected chi connectivity index (χ1v) is 10.8. The Balaban J connectivity index is 1.68. The zero-order valence-electron chi connectivity index (χ0n) is 15.9. The van der Waals surface area contributed by atoms with Gasteiger partial charge in [0, 0.05) is 42.5 Å². The van der Waals surface area contributed by atoms with E-state index in [1.54, 1.807) is 30.6 Å². The minimum absolute atomic E-state index is 0.142. The van der Waals surface area contributed by atoms with Crippen molar-refractivity contribution in [1.29, 1.82) is 0 Å². The van der Waals surface area contributed by atoms with Gasteiger partial charge in [0.05, 0.1) is 19.3 Å². The van der Waals surface area contributed by atoms with Crippen molar-refractivity contribution < 1.29 is 17.9 Å². The van der Waals surface area contributed by atoms with Gasteiger partial charge in [-0.25, -0.2) is 9.97 Å². The Kier molecular flexibility index (Phi) is 6.52. The Morgan fingerprint density at radius 3 is 2.43 bits per heavy atom. The number of allylic oxidation sites excluding steroid dienone is 1. The van der Waals surface area contributed by atoms with Gasteiger partial charge in [0.15, 0.2) is 5.82 Å². The van der Waals surface area contributed by atoms with Gasteiger partial charge in [-0.05, 0) is 23.8 Å². The fraction of sp³-hybridized carbons (Fsp3) is 0.400. The molecule has 0 saturated carbocycles. The maximum absolute atomic E-state index is 13.8. The van der Waals surface area contributed by atoms with Crippen molar-refractivity contribution in [2.75, 3.05) is 32.8 Å². The van der Waals surface area contributed by atoms with Crippen molar-refractivity contribution in [2.45, 2.75) is 17.6 Å². The highest BCUT2D eigenvalue weighted by Gasteiger charge is 2.46. The number of aromatic nitrogens is 2. The molecule has 2 aromatic rings. The number of rotatable bonds is 5. The highest BCUT2D eigenvalue weighted by Crippen LogP contribution is 2.48. The predicted octanol–water partition coefficient (Wildman–Crippen LogP) is 4.65. The number of halogens is 4. The summed E-state index contributed by atoms with van der Waals surface area (Å²) < 4.78 is 46.9. The lowest BCUT2D eigenvalue weighted by atomic mass is 10.0. The summed E-state index contributed by atoms with van der Waals surface area (Å²) in [5, 5.41) is 1.11. The fourth-order valence-electron chi connectivity index (χ4n) is 3.65. The van der Waals surface area contributed by atoms with Crippen LogP contribution >= 0.6 is 23.4 Å². The van der Waals surface area contributed by atoms with Gasteiger partial charge in [-0.15, -0.1) is 0 Å². The molecule has 1 saturated heterocycles. The van der Waals surface area contributed by atoms with E-state index in [0.717, 1.165) is 17.3 Å². The molecule has 1 aromatic heterocycles. The first-order chi connectivity index (χ1) is 14.4. The SMILES string of the molecule is FC(F)(F)C1=CS[C@@H](c2ncccn2)N1CC(c1ccc(Cl)cc1)N1CCOCC1. The molecule has 1 unspecified atom stereocenters. The summed E-state index contributed by atoms with van der Waals surface area (Å²) >= 11 is 7.12. The van der Waals surface area contributed by atoms with Gasteiger partial charge in [-0.2, -0.15) is 13.2 Å². The van der Waals surface area contributed by atoms with Crippen LogP contribution in [0, 0.1) is 0 Å². The zero-order chi connectivity index (χ0) is 21.1. The Labute approximate surface area is 181 Å². The van der Waals surface area contributed by atoms with Crippen molar-refractivity contribution in [2.24, 2.45) is 0 Å². The molecule has 10 heteroatoms. The molecule has 0 spiro atoms. The molecule has 4 rings (SSSR count). The summed E-state index contributed by atoms with van der Waals surface area (Å²) in [7, 11) is 0. The van der Waals surface area contributed by atoms with Crippen molar-refractivity contribution >= 4 is 23.4 Å². The Bertz CT molecular complexity index is 876. The molecule has 2 atom stereocenters. The minimum atomic E-state index is -4.47. The molecule has 3 heterocycles. The molecule has 2 aliphatic heterocycles. The summed E-state index contributed by atoms with van der Waals surface area (Å²) in [6, 6.07) is 8.66. The van der Waals surface area contributed by atoms with Gasteiger partial charge < -0.3 is 9.64 Å². The van der Waals surface area contributed by atoms with E-state index in [2.05, 4.69) is 14.9 Å². The number of benzene rings is 1. The zero-order valence-corrected chi connectivity index (χ0v) is 17.5. The standard InChI is InChI=1S/C20H20ClF3N4OS/c21-15-4-2-14(3-5-15)16(27-8-10-29-11-9-27)12-28-17(20(22,23)24)13-30-19(28)18-25-6-1-7-26-18/h1-7,13,16,19H,8-12H2/t16?,19-/m0/s1. The van der Waals surface area contributed by atoms with E-state index in [1.165, 1.54) is 10.3 Å². The number of hydrogen-bond acceptors (Lipinski definition) is 6. The van der Waals surface area contributed by atoms with Crippen LogP contribution in [0.3, 0.4) is 0 Å². The maximum Gasteiger partial charge on any atom is 0.431 e. The number of thioether (sulfide) groups is 1. The van der Waals surface area contributed by atoms with E-state index in [1.807, 2.05) is 12.1 Å². The Hall–Kier alpha value is -1.81. The normalized spacial score (nSPS) is 21.5. The molecule has 2 aliphatic rings. The summed E-state index contributed by atoms with van der Waals surface area (Å²) in [4.78, 5) is 11.9. The second-order valence-corrected chi connectivity index (χ2v) is 8.36. The van der Waals surface area contributed by atoms with Crippen molar-refractivity contribution in [3.63, 3.8) is 0 Å². The number of hydrogen-bond donors (Lipinski definition) is 0. The van der Waals surface area contributed by atoms with E-state index < -0.39 is 17.2 Å². The van der Waals surface area contributed by atoms with Crippen LogP contribution in [0.4, 0.5) is 13.2 Å². The van der Waals surface area contributed by atoms with Gasteiger partial charge in [0.25, 0.3) is 0 Å². The van der Waals surface area contributed by atoms with E-state index >= 15 is 0 Å². The lowest BCUT2D eigenvalue weighted by Crippen LogP contribution is -2.44. The Morgan fingerprint density at radius 1 is 1.13 bits per heavy atom. The van der Waals surface area contributed by atoms with Crippen molar-refractivity contribution in [3.05, 3.63) is 70.2 Å². The molecule has 0 bridgehead atoms. The number of ether oxygens (including phenoxy) is 1. The van der Waals surface area contributed by atoms with Crippen LogP contribution in [-0.2, 0) is 4.74 Å². The molecule has 1 aromatic carbocycles. The number of nitrogens with zero attached hydrogens (tertiary/aromatic N) is 4. The van der Waals surface area contributed by atoms with Crippen LogP contribution in [-0.4, -0.2) is 58.8 Å². The Morgan fingerprint density at radius 2 is 1.80 bits per heavy atom. The maximum atomic E-state index is 13.8. The van der Waals surface area contributed by atoms with E-state index in [9.17, 15) is 13.2 Å². The third kappa shape index (κ3) is 4.74. The lowest BCUT2D eigenvalue weighted by molar-refractivity contribution is -0.113. The predicted molar refractivity (Wildman–Crippen MR) is 110 cm³/mol. The molecule has 0 N–H and O–H groups in total. The third-order valence-electron chi connectivity index (χ3n) is 5.11. The summed E-state index contributed by atoms with van der Waals surface area (Å²) in [5.41, 5.74) is 0.240. The second-order valence-electron chi connectivity index (χ2n) is 6.96. The van der Waals surface area contributed by atoms with Crippen molar-refractivity contribution in [3.8, 4) is 0 Å². The highest BCUT2D eigenvalue weighted by molar-refractivity contribution is 8.02. The van der Waals surface area contributed by atoms with Crippen molar-refractivity contribution in [1.82, 2.24) is 19.8 Å². The van der Waals surface area contributed by atoms with Crippen LogP contribution in [0.2, 0.25) is 5.02 Å². The lowest BCUT2D eigenvalue weighted by Gasteiger charge is -2.39. The summed E-state index contributed by atoms with van der Waals surface area (Å²) in [6.07, 6.45) is -1.37. The quantitative estimate of drug-likeness (QED) is 0.652. The van der Waals surface area contributed by atoms with Gasteiger partial charge in [-0.1, -0.05) is 35.5 Å². The van der Waals surface area contributed by atoms with E-state index in [0.29, 0.717) is 37.2 Å². The summed E-state index contributed by atoms with van der Waals surface area (Å²) in [6.45, 7) is 2.53. The average Bonchev–Trinajstić information content (AvgIpc) is 3.18. The monoisotopic (exact) mass is 456 g/mol. The molecule has 30 heavy (non-hydrogen) atoms. The fourth-order valence-corrected chi connectivity index (χ4v) is 4.89. The number of alkyl halides is 3. The van der Waals surface area contributed by atoms with Gasteiger partial charge in [-0.3, -0.25) is 4.90 Å². The van der Waals surface area contributed by atoms with Gasteiger partial charge in [0.2, 0.25) is 0 Å².